The lowest BCUT2D eigenvalue weighted by Crippen LogP contribution is -2.21. The van der Waals surface area contributed by atoms with Gasteiger partial charge in [0, 0.05) is 13.1 Å². The number of halogens is 2. The average molecular weight is 222 g/mol. The molecule has 0 atom stereocenters. The second-order valence-corrected chi connectivity index (χ2v) is 3.54. The minimum Gasteiger partial charge on any atom is -0.359 e. The molecular formula is C7H12F2N4S. The lowest BCUT2D eigenvalue weighted by molar-refractivity contribution is 0.150. The first-order valence-corrected chi connectivity index (χ1v) is 5.11. The molecule has 0 aliphatic rings. The Morgan fingerprint density at radius 1 is 1.36 bits per heavy atom. The first-order valence-electron chi connectivity index (χ1n) is 4.30. The van der Waals surface area contributed by atoms with Crippen LogP contribution in [0.5, 0.6) is 0 Å². The Morgan fingerprint density at radius 2 is 2.14 bits per heavy atom. The summed E-state index contributed by atoms with van der Waals surface area (Å²) in [6.07, 6.45) is -2.53. The summed E-state index contributed by atoms with van der Waals surface area (Å²) < 4.78 is 24.2. The highest BCUT2D eigenvalue weighted by molar-refractivity contribution is 7.15. The van der Waals surface area contributed by atoms with Gasteiger partial charge in [-0.2, -0.15) is 0 Å². The summed E-state index contributed by atoms with van der Waals surface area (Å²) in [5.74, 6) is 0. The Labute approximate surface area is 84.7 Å². The third-order valence-electron chi connectivity index (χ3n) is 1.46. The molecule has 0 aromatic carbocycles. The molecule has 1 heterocycles. The molecule has 0 saturated heterocycles. The Kier molecular flexibility index (Phi) is 4.68. The Bertz CT molecular complexity index is 266. The minimum atomic E-state index is -2.53. The summed E-state index contributed by atoms with van der Waals surface area (Å²) >= 11 is 0.888. The quantitative estimate of drug-likeness (QED) is 0.716. The third-order valence-corrected chi connectivity index (χ3v) is 2.34. The molecular weight excluding hydrogens is 210 g/mol. The maximum absolute atomic E-state index is 12.1. The molecule has 0 unspecified atom stereocenters. The van der Waals surface area contributed by atoms with Crippen molar-refractivity contribution < 1.29 is 8.78 Å². The van der Waals surface area contributed by atoms with Crippen molar-refractivity contribution >= 4 is 16.5 Å². The molecule has 1 aromatic rings. The number of hydrogen-bond donors (Lipinski definition) is 2. The van der Waals surface area contributed by atoms with Crippen LogP contribution in [0.4, 0.5) is 13.9 Å². The summed E-state index contributed by atoms with van der Waals surface area (Å²) in [7, 11) is 0. The van der Waals surface area contributed by atoms with Crippen LogP contribution in [0.2, 0.25) is 0 Å². The molecule has 2 N–H and O–H groups in total. The van der Waals surface area contributed by atoms with Crippen LogP contribution in [0.3, 0.4) is 0 Å². The van der Waals surface area contributed by atoms with Crippen LogP contribution in [0, 0.1) is 0 Å². The van der Waals surface area contributed by atoms with Crippen LogP contribution in [-0.2, 0) is 0 Å². The van der Waals surface area contributed by atoms with E-state index in [1.165, 1.54) is 0 Å². The Morgan fingerprint density at radius 3 is 2.71 bits per heavy atom. The van der Waals surface area contributed by atoms with Crippen molar-refractivity contribution in [1.29, 1.82) is 0 Å². The number of alkyl halides is 2. The summed E-state index contributed by atoms with van der Waals surface area (Å²) in [5.41, 5.74) is 0. The number of rotatable bonds is 6. The molecule has 0 bridgehead atoms. The molecule has 4 nitrogen and oxygen atoms in total. The van der Waals surface area contributed by atoms with Crippen molar-refractivity contribution in [3.63, 3.8) is 0 Å². The van der Waals surface area contributed by atoms with Crippen molar-refractivity contribution in [2.75, 3.05) is 25.0 Å². The van der Waals surface area contributed by atoms with E-state index in [4.69, 9.17) is 0 Å². The first kappa shape index (κ1) is 11.3. The molecule has 0 amide bonds. The van der Waals surface area contributed by atoms with E-state index in [0.29, 0.717) is 11.7 Å². The van der Waals surface area contributed by atoms with Gasteiger partial charge in [-0.3, -0.25) is 0 Å². The molecule has 1 aromatic heterocycles. The molecule has 0 saturated carbocycles. The van der Waals surface area contributed by atoms with Crippen LogP contribution in [0.1, 0.15) is 18.4 Å². The monoisotopic (exact) mass is 222 g/mol. The summed E-state index contributed by atoms with van der Waals surface area (Å²) in [4.78, 5) is 0. The van der Waals surface area contributed by atoms with Gasteiger partial charge in [-0.05, 0) is 6.54 Å². The van der Waals surface area contributed by atoms with Gasteiger partial charge in [0.25, 0.3) is 6.43 Å². The van der Waals surface area contributed by atoms with Crippen LogP contribution in [-0.4, -0.2) is 29.8 Å². The lowest BCUT2D eigenvalue weighted by Gasteiger charge is -2.01. The molecule has 1 rings (SSSR count). The minimum absolute atomic E-state index is 0.240. The number of likely N-dealkylation sites (N-methyl/N-ethyl adjacent to an activating group) is 1. The van der Waals surface area contributed by atoms with E-state index < -0.39 is 6.43 Å². The lowest BCUT2D eigenvalue weighted by atomic mass is 10.6. The molecule has 0 aliphatic heterocycles. The molecule has 7 heteroatoms. The van der Waals surface area contributed by atoms with E-state index in [0.717, 1.165) is 24.4 Å². The smallest absolute Gasteiger partial charge is 0.291 e. The topological polar surface area (TPSA) is 49.8 Å². The van der Waals surface area contributed by atoms with Crippen molar-refractivity contribution in [2.24, 2.45) is 0 Å². The predicted molar refractivity (Wildman–Crippen MR) is 51.9 cm³/mol. The summed E-state index contributed by atoms with van der Waals surface area (Å²) in [5, 5.41) is 13.1. The molecule has 14 heavy (non-hydrogen) atoms. The van der Waals surface area contributed by atoms with Crippen molar-refractivity contribution in [3.05, 3.63) is 5.01 Å². The molecule has 0 aliphatic carbocycles. The second-order valence-electron chi connectivity index (χ2n) is 2.53. The normalized spacial score (nSPS) is 10.9. The van der Waals surface area contributed by atoms with E-state index in [2.05, 4.69) is 20.8 Å². The van der Waals surface area contributed by atoms with Gasteiger partial charge in [0.15, 0.2) is 5.01 Å². The Hall–Kier alpha value is -0.820. The number of nitrogens with zero attached hydrogens (tertiary/aromatic N) is 2. The summed E-state index contributed by atoms with van der Waals surface area (Å²) in [6.45, 7) is 4.33. The van der Waals surface area contributed by atoms with Gasteiger partial charge < -0.3 is 10.6 Å². The van der Waals surface area contributed by atoms with E-state index in [1.54, 1.807) is 0 Å². The van der Waals surface area contributed by atoms with Crippen LogP contribution in [0.15, 0.2) is 0 Å². The average Bonchev–Trinajstić information content (AvgIpc) is 2.61. The largest absolute Gasteiger partial charge is 0.359 e. The molecule has 80 valence electrons. The van der Waals surface area contributed by atoms with Gasteiger partial charge in [0.05, 0.1) is 0 Å². The second kappa shape index (κ2) is 5.82. The number of hydrogen-bond acceptors (Lipinski definition) is 5. The van der Waals surface area contributed by atoms with E-state index in [-0.39, 0.29) is 5.01 Å². The zero-order chi connectivity index (χ0) is 10.4. The van der Waals surface area contributed by atoms with Gasteiger partial charge in [-0.1, -0.05) is 18.3 Å². The summed E-state index contributed by atoms with van der Waals surface area (Å²) in [6, 6.07) is 0. The van der Waals surface area contributed by atoms with Crippen LogP contribution in [0.25, 0.3) is 0 Å². The zero-order valence-electron chi connectivity index (χ0n) is 7.76. The van der Waals surface area contributed by atoms with Crippen molar-refractivity contribution in [2.45, 2.75) is 13.3 Å². The highest BCUT2D eigenvalue weighted by Gasteiger charge is 2.13. The highest BCUT2D eigenvalue weighted by atomic mass is 32.1. The zero-order valence-corrected chi connectivity index (χ0v) is 8.57. The standard InChI is InChI=1S/C7H12F2N4S/c1-2-10-3-4-11-7-13-12-6(14-7)5(8)9/h5,10H,2-4H2,1H3,(H,11,13). The maximum Gasteiger partial charge on any atom is 0.291 e. The van der Waals surface area contributed by atoms with Gasteiger partial charge in [0.1, 0.15) is 0 Å². The van der Waals surface area contributed by atoms with Gasteiger partial charge in [-0.15, -0.1) is 10.2 Å². The molecule has 0 radical (unpaired) electrons. The highest BCUT2D eigenvalue weighted by Crippen LogP contribution is 2.24. The number of nitrogens with one attached hydrogen (secondary N) is 2. The maximum atomic E-state index is 12.1. The number of anilines is 1. The van der Waals surface area contributed by atoms with Crippen LogP contribution < -0.4 is 10.6 Å². The fourth-order valence-electron chi connectivity index (χ4n) is 0.829. The Balaban J connectivity index is 2.29. The predicted octanol–water partition coefficient (Wildman–Crippen LogP) is 1.50. The van der Waals surface area contributed by atoms with Gasteiger partial charge >= 0.3 is 0 Å². The molecule has 0 spiro atoms. The SMILES string of the molecule is CCNCCNc1nnc(C(F)F)s1. The fourth-order valence-corrected chi connectivity index (χ4v) is 1.45. The van der Waals surface area contributed by atoms with E-state index in [1.807, 2.05) is 6.92 Å². The van der Waals surface area contributed by atoms with Crippen molar-refractivity contribution in [3.8, 4) is 0 Å². The van der Waals surface area contributed by atoms with Crippen molar-refractivity contribution in [1.82, 2.24) is 15.5 Å². The van der Waals surface area contributed by atoms with E-state index in [9.17, 15) is 8.78 Å². The van der Waals surface area contributed by atoms with Gasteiger partial charge in [-0.25, -0.2) is 8.78 Å². The third kappa shape index (κ3) is 3.51. The van der Waals surface area contributed by atoms with E-state index >= 15 is 0 Å². The fraction of sp³-hybridized carbons (Fsp3) is 0.714. The molecule has 0 fully saturated rings. The first-order chi connectivity index (χ1) is 6.74. The van der Waals surface area contributed by atoms with Gasteiger partial charge in [0.2, 0.25) is 5.13 Å². The van der Waals surface area contributed by atoms with Crippen LogP contribution >= 0.6 is 11.3 Å². The number of aromatic nitrogens is 2.